The van der Waals surface area contributed by atoms with Gasteiger partial charge in [0.15, 0.2) is 0 Å². The average molecular weight is 445 g/mol. The first kappa shape index (κ1) is 21.7. The van der Waals surface area contributed by atoms with Crippen molar-refractivity contribution < 1.29 is 24.4 Å². The molecule has 33 heavy (non-hydrogen) atoms. The predicted molar refractivity (Wildman–Crippen MR) is 118 cm³/mol. The number of benzene rings is 2. The summed E-state index contributed by atoms with van der Waals surface area (Å²) in [5.41, 5.74) is 0.989. The number of non-ortho nitro benzene ring substituents is 1. The SMILES string of the molecule is COc1cccc(/C(O)=C2\C(=O)C(=O)N(Cc3ccncc3)C2c2cccc([N+](=O)[O-])c2)c1. The van der Waals surface area contributed by atoms with Crippen molar-refractivity contribution in [1.82, 2.24) is 9.88 Å². The van der Waals surface area contributed by atoms with Crippen molar-refractivity contribution in [2.75, 3.05) is 7.11 Å². The molecule has 0 saturated carbocycles. The van der Waals surface area contributed by atoms with Gasteiger partial charge in [-0.3, -0.25) is 24.7 Å². The number of rotatable bonds is 6. The Morgan fingerprint density at radius 1 is 1.12 bits per heavy atom. The van der Waals surface area contributed by atoms with Gasteiger partial charge in [-0.1, -0.05) is 24.3 Å². The normalized spacial score (nSPS) is 17.2. The molecular weight excluding hydrogens is 426 g/mol. The number of pyridine rings is 1. The molecule has 1 aliphatic heterocycles. The van der Waals surface area contributed by atoms with Gasteiger partial charge in [0, 0.05) is 36.6 Å². The molecule has 1 aliphatic rings. The molecular formula is C24H19N3O6. The summed E-state index contributed by atoms with van der Waals surface area (Å²) < 4.78 is 5.19. The monoisotopic (exact) mass is 445 g/mol. The molecule has 3 aromatic rings. The van der Waals surface area contributed by atoms with E-state index in [1.165, 1.54) is 36.3 Å². The van der Waals surface area contributed by atoms with Gasteiger partial charge in [-0.25, -0.2) is 0 Å². The number of Topliss-reactive ketones (excluding diaryl/α,β-unsaturated/α-hetero) is 1. The van der Waals surface area contributed by atoms with Crippen LogP contribution < -0.4 is 4.74 Å². The van der Waals surface area contributed by atoms with Crippen LogP contribution in [0.25, 0.3) is 5.76 Å². The molecule has 9 nitrogen and oxygen atoms in total. The molecule has 1 atom stereocenters. The highest BCUT2D eigenvalue weighted by Gasteiger charge is 2.46. The first-order valence-corrected chi connectivity index (χ1v) is 9.97. The Morgan fingerprint density at radius 3 is 2.55 bits per heavy atom. The molecule has 4 rings (SSSR count). The maximum Gasteiger partial charge on any atom is 0.295 e. The van der Waals surface area contributed by atoms with Gasteiger partial charge < -0.3 is 14.7 Å². The lowest BCUT2D eigenvalue weighted by Gasteiger charge is -2.25. The van der Waals surface area contributed by atoms with Crippen LogP contribution in [-0.4, -0.2) is 38.7 Å². The third kappa shape index (κ3) is 4.16. The number of methoxy groups -OCH3 is 1. The van der Waals surface area contributed by atoms with Crippen molar-refractivity contribution in [3.05, 3.63) is 105 Å². The van der Waals surface area contributed by atoms with E-state index < -0.39 is 22.7 Å². The molecule has 0 aliphatic carbocycles. The number of hydrogen-bond donors (Lipinski definition) is 1. The van der Waals surface area contributed by atoms with E-state index >= 15 is 0 Å². The molecule has 9 heteroatoms. The lowest BCUT2D eigenvalue weighted by atomic mass is 9.94. The van der Waals surface area contributed by atoms with E-state index in [1.807, 2.05) is 0 Å². The van der Waals surface area contributed by atoms with Gasteiger partial charge in [0.2, 0.25) is 0 Å². The number of aromatic nitrogens is 1. The molecule has 1 saturated heterocycles. The fourth-order valence-corrected chi connectivity index (χ4v) is 3.81. The van der Waals surface area contributed by atoms with Crippen molar-refractivity contribution in [3.8, 4) is 5.75 Å². The molecule has 1 aromatic heterocycles. The second-order valence-electron chi connectivity index (χ2n) is 7.37. The minimum absolute atomic E-state index is 0.0509. The van der Waals surface area contributed by atoms with Gasteiger partial charge >= 0.3 is 0 Å². The zero-order valence-electron chi connectivity index (χ0n) is 17.5. The minimum atomic E-state index is -1.02. The number of amides is 1. The van der Waals surface area contributed by atoms with Crippen LogP contribution in [0.5, 0.6) is 5.75 Å². The lowest BCUT2D eigenvalue weighted by molar-refractivity contribution is -0.384. The summed E-state index contributed by atoms with van der Waals surface area (Å²) in [6, 6.07) is 14.5. The van der Waals surface area contributed by atoms with Crippen LogP contribution in [0.4, 0.5) is 5.69 Å². The lowest BCUT2D eigenvalue weighted by Crippen LogP contribution is -2.29. The van der Waals surface area contributed by atoms with Crippen molar-refractivity contribution in [2.45, 2.75) is 12.6 Å². The highest BCUT2D eigenvalue weighted by molar-refractivity contribution is 6.46. The van der Waals surface area contributed by atoms with E-state index in [-0.39, 0.29) is 29.1 Å². The Morgan fingerprint density at radius 2 is 1.85 bits per heavy atom. The molecule has 1 amide bonds. The van der Waals surface area contributed by atoms with Gasteiger partial charge in [-0.05, 0) is 35.4 Å². The second kappa shape index (κ2) is 8.91. The molecule has 0 spiro atoms. The van der Waals surface area contributed by atoms with Gasteiger partial charge in [-0.15, -0.1) is 0 Å². The molecule has 2 heterocycles. The van der Waals surface area contributed by atoms with Crippen LogP contribution in [0.2, 0.25) is 0 Å². The second-order valence-corrected chi connectivity index (χ2v) is 7.37. The van der Waals surface area contributed by atoms with E-state index in [4.69, 9.17) is 4.74 Å². The summed E-state index contributed by atoms with van der Waals surface area (Å²) >= 11 is 0. The smallest absolute Gasteiger partial charge is 0.295 e. The number of hydrogen-bond acceptors (Lipinski definition) is 7. The summed E-state index contributed by atoms with van der Waals surface area (Å²) in [6.07, 6.45) is 3.12. The Labute approximate surface area is 188 Å². The van der Waals surface area contributed by atoms with Crippen LogP contribution in [0.3, 0.4) is 0 Å². The maximum atomic E-state index is 13.1. The zero-order chi connectivity index (χ0) is 23.5. The van der Waals surface area contributed by atoms with Crippen molar-refractivity contribution in [2.24, 2.45) is 0 Å². The number of carbonyl (C=O) groups is 2. The van der Waals surface area contributed by atoms with Crippen LogP contribution in [0, 0.1) is 10.1 Å². The highest BCUT2D eigenvalue weighted by Crippen LogP contribution is 2.41. The first-order valence-electron chi connectivity index (χ1n) is 9.97. The maximum absolute atomic E-state index is 13.1. The van der Waals surface area contributed by atoms with E-state index in [1.54, 1.807) is 48.8 Å². The summed E-state index contributed by atoms with van der Waals surface area (Å²) in [6.45, 7) is 0.0509. The van der Waals surface area contributed by atoms with Crippen LogP contribution in [-0.2, 0) is 16.1 Å². The quantitative estimate of drug-likeness (QED) is 0.202. The summed E-state index contributed by atoms with van der Waals surface area (Å²) in [5, 5.41) is 22.5. The Hall–Kier alpha value is -4.53. The summed E-state index contributed by atoms with van der Waals surface area (Å²) in [4.78, 5) is 42.2. The van der Waals surface area contributed by atoms with Crippen molar-refractivity contribution in [1.29, 1.82) is 0 Å². The van der Waals surface area contributed by atoms with Gasteiger partial charge in [-0.2, -0.15) is 0 Å². The van der Waals surface area contributed by atoms with Crippen LogP contribution >= 0.6 is 0 Å². The largest absolute Gasteiger partial charge is 0.507 e. The third-order valence-corrected chi connectivity index (χ3v) is 5.38. The number of ether oxygens (including phenoxy) is 1. The third-order valence-electron chi connectivity index (χ3n) is 5.38. The Bertz CT molecular complexity index is 1270. The van der Waals surface area contributed by atoms with Gasteiger partial charge in [0.05, 0.1) is 23.6 Å². The number of nitro benzene ring substituents is 1. The molecule has 166 valence electrons. The highest BCUT2D eigenvalue weighted by atomic mass is 16.6. The van der Waals surface area contributed by atoms with Crippen LogP contribution in [0.15, 0.2) is 78.6 Å². The Balaban J connectivity index is 1.90. The molecule has 1 N–H and O–H groups in total. The van der Waals surface area contributed by atoms with E-state index in [2.05, 4.69) is 4.98 Å². The molecule has 2 aromatic carbocycles. The van der Waals surface area contributed by atoms with Crippen LogP contribution in [0.1, 0.15) is 22.7 Å². The van der Waals surface area contributed by atoms with E-state index in [0.29, 0.717) is 16.9 Å². The molecule has 1 fully saturated rings. The number of ketones is 1. The predicted octanol–water partition coefficient (Wildman–Crippen LogP) is 3.62. The standard InChI is InChI=1S/C24H19N3O6/c1-33-19-7-3-5-17(13-19)22(28)20-21(16-4-2-6-18(12-16)27(31)32)26(24(30)23(20)29)14-15-8-10-25-11-9-15/h2-13,21,28H,14H2,1H3/b22-20+. The number of carbonyl (C=O) groups excluding carboxylic acids is 2. The minimum Gasteiger partial charge on any atom is -0.507 e. The number of nitrogens with zero attached hydrogens (tertiary/aromatic N) is 3. The number of likely N-dealkylation sites (tertiary alicyclic amines) is 1. The fourth-order valence-electron chi connectivity index (χ4n) is 3.81. The number of nitro groups is 1. The fraction of sp³-hybridized carbons (Fsp3) is 0.125. The molecule has 0 radical (unpaired) electrons. The average Bonchev–Trinajstić information content (AvgIpc) is 3.09. The summed E-state index contributed by atoms with van der Waals surface area (Å²) in [5.74, 6) is -1.62. The number of aliphatic hydroxyl groups is 1. The van der Waals surface area contributed by atoms with E-state index in [9.17, 15) is 24.8 Å². The van der Waals surface area contributed by atoms with Gasteiger partial charge in [0.25, 0.3) is 17.4 Å². The molecule has 1 unspecified atom stereocenters. The van der Waals surface area contributed by atoms with Crippen molar-refractivity contribution >= 4 is 23.1 Å². The van der Waals surface area contributed by atoms with E-state index in [0.717, 1.165) is 0 Å². The summed E-state index contributed by atoms with van der Waals surface area (Å²) in [7, 11) is 1.47. The Kier molecular flexibility index (Phi) is 5.86. The first-order chi connectivity index (χ1) is 15.9. The number of aliphatic hydroxyl groups excluding tert-OH is 1. The zero-order valence-corrected chi connectivity index (χ0v) is 17.5. The topological polar surface area (TPSA) is 123 Å². The van der Waals surface area contributed by atoms with Crippen molar-refractivity contribution in [3.63, 3.8) is 0 Å². The van der Waals surface area contributed by atoms with Gasteiger partial charge in [0.1, 0.15) is 11.5 Å². The molecule has 0 bridgehead atoms.